The third-order valence-corrected chi connectivity index (χ3v) is 4.32. The number of carbonyl (C=O) groups is 2. The van der Waals surface area contributed by atoms with E-state index in [1.54, 1.807) is 30.3 Å². The molecule has 0 unspecified atom stereocenters. The van der Waals surface area contributed by atoms with Crippen LogP contribution in [0.15, 0.2) is 36.4 Å². The Morgan fingerprint density at radius 1 is 1.12 bits per heavy atom. The van der Waals surface area contributed by atoms with Gasteiger partial charge in [0.1, 0.15) is 12.4 Å². The maximum absolute atomic E-state index is 11.8. The third kappa shape index (κ3) is 4.65. The topological polar surface area (TPSA) is 64.6 Å². The number of aryl methyl sites for hydroxylation is 1. The molecule has 25 heavy (non-hydrogen) atoms. The van der Waals surface area contributed by atoms with Gasteiger partial charge in [-0.25, -0.2) is 4.79 Å². The summed E-state index contributed by atoms with van der Waals surface area (Å²) < 4.78 is 10.6. The summed E-state index contributed by atoms with van der Waals surface area (Å²) in [5.74, 6) is 0.0546. The van der Waals surface area contributed by atoms with Gasteiger partial charge in [0.25, 0.3) is 0 Å². The Labute approximate surface area is 154 Å². The number of fused-ring (bicyclic) bond motifs is 1. The lowest BCUT2D eigenvalue weighted by Crippen LogP contribution is -2.19. The van der Waals surface area contributed by atoms with E-state index in [0.29, 0.717) is 34.2 Å². The van der Waals surface area contributed by atoms with Crippen molar-refractivity contribution in [1.82, 2.24) is 0 Å². The standard InChI is InChI=1S/C18H15Cl2NO4/c19-13-3-1-12(15(20)8-13)9-25-18(23)10-24-14-4-5-16-11(7-14)2-6-17(22)21-16/h1,3-5,7-8H,2,6,9-10H2,(H,21,22). The Balaban J connectivity index is 1.51. The van der Waals surface area contributed by atoms with Gasteiger partial charge in [-0.1, -0.05) is 29.3 Å². The molecule has 0 aliphatic carbocycles. The largest absolute Gasteiger partial charge is 0.482 e. The second kappa shape index (κ2) is 7.76. The molecule has 1 heterocycles. The van der Waals surface area contributed by atoms with Crippen LogP contribution < -0.4 is 10.1 Å². The fourth-order valence-corrected chi connectivity index (χ4v) is 2.89. The molecule has 1 N–H and O–H groups in total. The zero-order chi connectivity index (χ0) is 17.8. The van der Waals surface area contributed by atoms with E-state index in [-0.39, 0.29) is 19.1 Å². The lowest BCUT2D eigenvalue weighted by atomic mass is 10.0. The molecule has 0 radical (unpaired) electrons. The highest BCUT2D eigenvalue weighted by molar-refractivity contribution is 6.35. The zero-order valence-electron chi connectivity index (χ0n) is 13.2. The molecule has 0 aromatic heterocycles. The molecule has 2 aromatic carbocycles. The Morgan fingerprint density at radius 3 is 2.76 bits per heavy atom. The molecule has 130 valence electrons. The van der Waals surface area contributed by atoms with Crippen LogP contribution in [0, 0.1) is 0 Å². The highest BCUT2D eigenvalue weighted by atomic mass is 35.5. The van der Waals surface area contributed by atoms with Gasteiger partial charge in [-0.05, 0) is 42.3 Å². The van der Waals surface area contributed by atoms with Crippen molar-refractivity contribution < 1.29 is 19.1 Å². The summed E-state index contributed by atoms with van der Waals surface area (Å²) in [7, 11) is 0. The van der Waals surface area contributed by atoms with E-state index >= 15 is 0 Å². The molecule has 7 heteroatoms. The summed E-state index contributed by atoms with van der Waals surface area (Å²) in [5, 5.41) is 3.75. The van der Waals surface area contributed by atoms with Crippen LogP contribution in [-0.2, 0) is 27.4 Å². The maximum Gasteiger partial charge on any atom is 0.344 e. The normalized spacial score (nSPS) is 13.0. The van der Waals surface area contributed by atoms with Gasteiger partial charge >= 0.3 is 5.97 Å². The summed E-state index contributed by atoms with van der Waals surface area (Å²) in [6.45, 7) is -0.162. The number of anilines is 1. The van der Waals surface area contributed by atoms with Crippen LogP contribution in [0.4, 0.5) is 5.69 Å². The van der Waals surface area contributed by atoms with E-state index in [0.717, 1.165) is 11.3 Å². The Bertz CT molecular complexity index is 823. The number of halogens is 2. The number of benzene rings is 2. The molecule has 3 rings (SSSR count). The van der Waals surface area contributed by atoms with E-state index in [2.05, 4.69) is 5.32 Å². The molecule has 0 spiro atoms. The van der Waals surface area contributed by atoms with Crippen LogP contribution in [-0.4, -0.2) is 18.5 Å². The Kier molecular flexibility index (Phi) is 5.46. The smallest absolute Gasteiger partial charge is 0.344 e. The molecule has 1 amide bonds. The molecule has 1 aliphatic rings. The fourth-order valence-electron chi connectivity index (χ4n) is 2.43. The number of hydrogen-bond acceptors (Lipinski definition) is 4. The first-order chi connectivity index (χ1) is 12.0. The lowest BCUT2D eigenvalue weighted by Gasteiger charge is -2.17. The molecule has 5 nitrogen and oxygen atoms in total. The number of esters is 1. The summed E-state index contributed by atoms with van der Waals surface area (Å²) in [5.41, 5.74) is 2.44. The number of amides is 1. The van der Waals surface area contributed by atoms with E-state index in [1.165, 1.54) is 0 Å². The maximum atomic E-state index is 11.8. The van der Waals surface area contributed by atoms with Crippen molar-refractivity contribution in [2.45, 2.75) is 19.4 Å². The van der Waals surface area contributed by atoms with Crippen molar-refractivity contribution >= 4 is 40.8 Å². The van der Waals surface area contributed by atoms with Gasteiger partial charge < -0.3 is 14.8 Å². The summed E-state index contributed by atoms with van der Waals surface area (Å²) >= 11 is 11.8. The molecule has 0 bridgehead atoms. The minimum Gasteiger partial charge on any atom is -0.482 e. The molecular weight excluding hydrogens is 365 g/mol. The molecule has 0 fully saturated rings. The summed E-state index contributed by atoms with van der Waals surface area (Å²) in [6, 6.07) is 10.3. The Morgan fingerprint density at radius 2 is 1.96 bits per heavy atom. The first-order valence-corrected chi connectivity index (χ1v) is 8.42. The molecular formula is C18H15Cl2NO4. The SMILES string of the molecule is O=C1CCc2cc(OCC(=O)OCc3ccc(Cl)cc3Cl)ccc2N1. The van der Waals surface area contributed by atoms with Crippen molar-refractivity contribution in [3.05, 3.63) is 57.6 Å². The second-order valence-corrected chi connectivity index (χ2v) is 6.40. The van der Waals surface area contributed by atoms with E-state index in [4.69, 9.17) is 32.7 Å². The lowest BCUT2D eigenvalue weighted by molar-refractivity contribution is -0.147. The molecule has 2 aromatic rings. The predicted molar refractivity (Wildman–Crippen MR) is 95.1 cm³/mol. The Hall–Kier alpha value is -2.24. The van der Waals surface area contributed by atoms with Gasteiger partial charge in [0.15, 0.2) is 6.61 Å². The van der Waals surface area contributed by atoms with Crippen LogP contribution in [0.2, 0.25) is 10.0 Å². The fraction of sp³-hybridized carbons (Fsp3) is 0.222. The summed E-state index contributed by atoms with van der Waals surface area (Å²) in [6.07, 6.45) is 1.10. The number of hydrogen-bond donors (Lipinski definition) is 1. The highest BCUT2D eigenvalue weighted by Gasteiger charge is 2.15. The second-order valence-electron chi connectivity index (χ2n) is 5.55. The third-order valence-electron chi connectivity index (χ3n) is 3.73. The van der Waals surface area contributed by atoms with Crippen LogP contribution in [0.3, 0.4) is 0 Å². The molecule has 0 saturated heterocycles. The van der Waals surface area contributed by atoms with Crippen LogP contribution in [0.25, 0.3) is 0 Å². The number of ether oxygens (including phenoxy) is 2. The van der Waals surface area contributed by atoms with E-state index in [9.17, 15) is 9.59 Å². The van der Waals surface area contributed by atoms with Crippen LogP contribution in [0.1, 0.15) is 17.5 Å². The molecule has 1 aliphatic heterocycles. The zero-order valence-corrected chi connectivity index (χ0v) is 14.7. The van der Waals surface area contributed by atoms with Crippen LogP contribution >= 0.6 is 23.2 Å². The van der Waals surface area contributed by atoms with Crippen molar-refractivity contribution in [1.29, 1.82) is 0 Å². The quantitative estimate of drug-likeness (QED) is 0.797. The van der Waals surface area contributed by atoms with Crippen molar-refractivity contribution in [3.63, 3.8) is 0 Å². The van der Waals surface area contributed by atoms with Crippen molar-refractivity contribution in [2.75, 3.05) is 11.9 Å². The van der Waals surface area contributed by atoms with Gasteiger partial charge in [-0.2, -0.15) is 0 Å². The minimum atomic E-state index is -0.503. The van der Waals surface area contributed by atoms with Crippen molar-refractivity contribution in [3.8, 4) is 5.75 Å². The van der Waals surface area contributed by atoms with E-state index in [1.807, 2.05) is 6.07 Å². The van der Waals surface area contributed by atoms with Gasteiger partial charge in [0, 0.05) is 27.7 Å². The van der Waals surface area contributed by atoms with Crippen LogP contribution in [0.5, 0.6) is 5.75 Å². The first-order valence-electron chi connectivity index (χ1n) is 7.66. The molecule has 0 atom stereocenters. The monoisotopic (exact) mass is 379 g/mol. The van der Waals surface area contributed by atoms with Gasteiger partial charge in [-0.3, -0.25) is 4.79 Å². The minimum absolute atomic E-state index is 0.00519. The van der Waals surface area contributed by atoms with Gasteiger partial charge in [0.2, 0.25) is 5.91 Å². The first kappa shape index (κ1) is 17.6. The summed E-state index contributed by atoms with van der Waals surface area (Å²) in [4.78, 5) is 23.2. The highest BCUT2D eigenvalue weighted by Crippen LogP contribution is 2.27. The number of nitrogens with one attached hydrogen (secondary N) is 1. The number of rotatable bonds is 5. The van der Waals surface area contributed by atoms with E-state index < -0.39 is 5.97 Å². The molecule has 0 saturated carbocycles. The van der Waals surface area contributed by atoms with Gasteiger partial charge in [0.05, 0.1) is 0 Å². The predicted octanol–water partition coefficient (Wildman–Crippen LogP) is 4.00. The average molecular weight is 380 g/mol. The van der Waals surface area contributed by atoms with Gasteiger partial charge in [-0.15, -0.1) is 0 Å². The van der Waals surface area contributed by atoms with Crippen molar-refractivity contribution in [2.24, 2.45) is 0 Å². The number of carbonyl (C=O) groups excluding carboxylic acids is 2. The average Bonchev–Trinajstić information content (AvgIpc) is 2.59.